The molecule has 1 aromatic heterocycles. The van der Waals surface area contributed by atoms with Crippen LogP contribution in [0.15, 0.2) is 47.2 Å². The Kier molecular flexibility index (Phi) is 5.79. The van der Waals surface area contributed by atoms with Crippen molar-refractivity contribution < 1.29 is 4.74 Å². The van der Waals surface area contributed by atoms with E-state index < -0.39 is 0 Å². The molecule has 0 saturated carbocycles. The summed E-state index contributed by atoms with van der Waals surface area (Å²) < 4.78 is 6.59. The van der Waals surface area contributed by atoms with Crippen LogP contribution in [0.5, 0.6) is 5.75 Å². The number of terminal acetylenes is 1. The van der Waals surface area contributed by atoms with Crippen LogP contribution in [0.3, 0.4) is 0 Å². The second-order valence-corrected chi connectivity index (χ2v) is 5.54. The van der Waals surface area contributed by atoms with Gasteiger partial charge >= 0.3 is 0 Å². The Balaban J connectivity index is 2.05. The maximum absolute atomic E-state index is 5.57. The molecule has 0 fully saturated rings. The Morgan fingerprint density at radius 3 is 2.81 bits per heavy atom. The van der Waals surface area contributed by atoms with Gasteiger partial charge in [0.1, 0.15) is 12.4 Å². The molecule has 0 amide bonds. The second-order valence-electron chi connectivity index (χ2n) is 4.63. The highest BCUT2D eigenvalue weighted by Gasteiger charge is 2.08. The number of aromatic nitrogens is 1. The number of nitrogens with zero attached hydrogens (tertiary/aromatic N) is 1. The standard InChI is InChI=1S/C17H17BrN2O/c1-3-10-21-17-5-4-16(18)11-15(17)12-20-13(2)14-6-8-19-9-7-14/h1,4-9,11,13,20H,10,12H2,2H3/t13-/m1/s1. The molecule has 108 valence electrons. The van der Waals surface area contributed by atoms with Crippen LogP contribution in [-0.2, 0) is 6.54 Å². The molecule has 21 heavy (non-hydrogen) atoms. The lowest BCUT2D eigenvalue weighted by Gasteiger charge is -2.16. The van der Waals surface area contributed by atoms with Crippen LogP contribution in [0.25, 0.3) is 0 Å². The van der Waals surface area contributed by atoms with Gasteiger partial charge in [0.25, 0.3) is 0 Å². The van der Waals surface area contributed by atoms with Crippen molar-refractivity contribution in [1.29, 1.82) is 0 Å². The van der Waals surface area contributed by atoms with Gasteiger partial charge in [0.05, 0.1) is 0 Å². The molecule has 0 aliphatic carbocycles. The Morgan fingerprint density at radius 2 is 2.10 bits per heavy atom. The molecule has 0 saturated heterocycles. The first-order chi connectivity index (χ1) is 10.2. The van der Waals surface area contributed by atoms with E-state index in [1.807, 2.05) is 30.3 Å². The quantitative estimate of drug-likeness (QED) is 0.811. The molecule has 4 heteroatoms. The number of hydrogen-bond donors (Lipinski definition) is 1. The van der Waals surface area contributed by atoms with E-state index in [4.69, 9.17) is 11.2 Å². The van der Waals surface area contributed by atoms with Gasteiger partial charge in [-0.1, -0.05) is 21.9 Å². The van der Waals surface area contributed by atoms with Gasteiger partial charge in [0, 0.05) is 35.0 Å². The van der Waals surface area contributed by atoms with Crippen molar-refractivity contribution in [2.24, 2.45) is 0 Å². The first-order valence-electron chi connectivity index (χ1n) is 6.68. The molecule has 0 radical (unpaired) electrons. The Hall–Kier alpha value is -1.83. The number of hydrogen-bond acceptors (Lipinski definition) is 3. The molecule has 1 N–H and O–H groups in total. The van der Waals surface area contributed by atoms with Crippen LogP contribution in [0.4, 0.5) is 0 Å². The van der Waals surface area contributed by atoms with Gasteiger partial charge in [0.2, 0.25) is 0 Å². The van der Waals surface area contributed by atoms with Gasteiger partial charge in [-0.3, -0.25) is 4.98 Å². The molecule has 2 aromatic rings. The molecule has 1 heterocycles. The molecular formula is C17H17BrN2O. The van der Waals surface area contributed by atoms with Crippen LogP contribution < -0.4 is 10.1 Å². The normalized spacial score (nSPS) is 11.7. The Labute approximate surface area is 133 Å². The highest BCUT2D eigenvalue weighted by Crippen LogP contribution is 2.24. The van der Waals surface area contributed by atoms with E-state index in [2.05, 4.69) is 39.1 Å². The zero-order valence-electron chi connectivity index (χ0n) is 11.8. The average molecular weight is 345 g/mol. The first-order valence-corrected chi connectivity index (χ1v) is 7.48. The van der Waals surface area contributed by atoms with Gasteiger partial charge in [-0.25, -0.2) is 0 Å². The molecule has 0 spiro atoms. The Bertz CT molecular complexity index is 622. The van der Waals surface area contributed by atoms with E-state index >= 15 is 0 Å². The van der Waals surface area contributed by atoms with Crippen molar-refractivity contribution in [3.05, 3.63) is 58.3 Å². The summed E-state index contributed by atoms with van der Waals surface area (Å²) in [7, 11) is 0. The van der Waals surface area contributed by atoms with Crippen molar-refractivity contribution in [3.63, 3.8) is 0 Å². The molecule has 0 aliphatic heterocycles. The van der Waals surface area contributed by atoms with Gasteiger partial charge in [-0.15, -0.1) is 6.42 Å². The monoisotopic (exact) mass is 344 g/mol. The van der Waals surface area contributed by atoms with Gasteiger partial charge < -0.3 is 10.1 Å². The highest BCUT2D eigenvalue weighted by atomic mass is 79.9. The third-order valence-electron chi connectivity index (χ3n) is 3.14. The van der Waals surface area contributed by atoms with E-state index in [0.29, 0.717) is 6.54 Å². The first kappa shape index (κ1) is 15.6. The molecule has 0 unspecified atom stereocenters. The lowest BCUT2D eigenvalue weighted by atomic mass is 10.1. The fourth-order valence-electron chi connectivity index (χ4n) is 1.98. The van der Waals surface area contributed by atoms with Crippen LogP contribution in [0.1, 0.15) is 24.1 Å². The second kappa shape index (κ2) is 7.82. The van der Waals surface area contributed by atoms with E-state index in [1.54, 1.807) is 12.4 Å². The number of rotatable bonds is 6. The van der Waals surface area contributed by atoms with E-state index in [0.717, 1.165) is 15.8 Å². The number of pyridine rings is 1. The summed E-state index contributed by atoms with van der Waals surface area (Å²) in [5.41, 5.74) is 2.27. The van der Waals surface area contributed by atoms with Crippen molar-refractivity contribution in [1.82, 2.24) is 10.3 Å². The molecular weight excluding hydrogens is 328 g/mol. The lowest BCUT2D eigenvalue weighted by Crippen LogP contribution is -2.18. The maximum Gasteiger partial charge on any atom is 0.148 e. The predicted molar refractivity (Wildman–Crippen MR) is 88.0 cm³/mol. The summed E-state index contributed by atoms with van der Waals surface area (Å²) in [6.45, 7) is 3.09. The maximum atomic E-state index is 5.57. The summed E-state index contributed by atoms with van der Waals surface area (Å²) in [6.07, 6.45) is 8.85. The van der Waals surface area contributed by atoms with Crippen molar-refractivity contribution in [2.75, 3.05) is 6.61 Å². The third-order valence-corrected chi connectivity index (χ3v) is 3.63. The number of benzene rings is 1. The van der Waals surface area contributed by atoms with Crippen molar-refractivity contribution >= 4 is 15.9 Å². The molecule has 3 nitrogen and oxygen atoms in total. The van der Waals surface area contributed by atoms with Gasteiger partial charge in [-0.05, 0) is 42.8 Å². The molecule has 0 bridgehead atoms. The van der Waals surface area contributed by atoms with Crippen molar-refractivity contribution in [2.45, 2.75) is 19.5 Å². The minimum Gasteiger partial charge on any atom is -0.481 e. The predicted octanol–water partition coefficient (Wildman–Crippen LogP) is 3.71. The third kappa shape index (κ3) is 4.59. The summed E-state index contributed by atoms with van der Waals surface area (Å²) in [5, 5.41) is 3.48. The molecule has 1 atom stereocenters. The van der Waals surface area contributed by atoms with E-state index in [1.165, 1.54) is 5.56 Å². The zero-order chi connectivity index (χ0) is 15.1. The number of halogens is 1. The lowest BCUT2D eigenvalue weighted by molar-refractivity contribution is 0.364. The molecule has 1 aromatic carbocycles. The van der Waals surface area contributed by atoms with E-state index in [-0.39, 0.29) is 12.6 Å². The number of ether oxygens (including phenoxy) is 1. The van der Waals surface area contributed by atoms with Crippen LogP contribution in [0, 0.1) is 12.3 Å². The highest BCUT2D eigenvalue weighted by molar-refractivity contribution is 9.10. The van der Waals surface area contributed by atoms with Crippen LogP contribution in [0.2, 0.25) is 0 Å². The minimum atomic E-state index is 0.229. The molecule has 2 rings (SSSR count). The zero-order valence-corrected chi connectivity index (χ0v) is 13.4. The van der Waals surface area contributed by atoms with Gasteiger partial charge in [0.15, 0.2) is 0 Å². The number of nitrogens with one attached hydrogen (secondary N) is 1. The van der Waals surface area contributed by atoms with Crippen molar-refractivity contribution in [3.8, 4) is 18.1 Å². The Morgan fingerprint density at radius 1 is 1.33 bits per heavy atom. The van der Waals surface area contributed by atoms with Gasteiger partial charge in [-0.2, -0.15) is 0 Å². The summed E-state index contributed by atoms with van der Waals surface area (Å²) in [6, 6.07) is 10.2. The summed E-state index contributed by atoms with van der Waals surface area (Å²) >= 11 is 3.48. The molecule has 0 aliphatic rings. The average Bonchev–Trinajstić information content (AvgIpc) is 2.52. The van der Waals surface area contributed by atoms with Crippen LogP contribution in [-0.4, -0.2) is 11.6 Å². The van der Waals surface area contributed by atoms with E-state index in [9.17, 15) is 0 Å². The topological polar surface area (TPSA) is 34.1 Å². The fourth-order valence-corrected chi connectivity index (χ4v) is 2.39. The largest absolute Gasteiger partial charge is 0.481 e. The smallest absolute Gasteiger partial charge is 0.148 e. The summed E-state index contributed by atoms with van der Waals surface area (Å²) in [5.74, 6) is 3.30. The SMILES string of the molecule is C#CCOc1ccc(Br)cc1CN[C@H](C)c1ccncc1. The van der Waals surface area contributed by atoms with Crippen LogP contribution >= 0.6 is 15.9 Å². The summed E-state index contributed by atoms with van der Waals surface area (Å²) in [4.78, 5) is 4.03. The minimum absolute atomic E-state index is 0.229. The fraction of sp³-hybridized carbons (Fsp3) is 0.235.